The van der Waals surface area contributed by atoms with E-state index in [-0.39, 0.29) is 5.41 Å². The van der Waals surface area contributed by atoms with Crippen molar-refractivity contribution in [2.45, 2.75) is 56.2 Å². The summed E-state index contributed by atoms with van der Waals surface area (Å²) in [5.41, 5.74) is 0.303. The molecule has 3 nitrogen and oxygen atoms in total. The highest BCUT2D eigenvalue weighted by Crippen LogP contribution is 2.51. The minimum Gasteiger partial charge on any atom is -0.465 e. The Hall–Kier alpha value is -2.02. The lowest BCUT2D eigenvalue weighted by Gasteiger charge is -2.54. The quantitative estimate of drug-likeness (QED) is 0.474. The first-order valence-electron chi connectivity index (χ1n) is 11.3. The van der Waals surface area contributed by atoms with Gasteiger partial charge >= 0.3 is 6.18 Å². The first kappa shape index (κ1) is 24.1. The predicted molar refractivity (Wildman–Crippen MR) is 123 cm³/mol. The number of halogens is 4. The topological polar surface area (TPSA) is 32.7 Å². The van der Waals surface area contributed by atoms with Crippen LogP contribution in [0.1, 0.15) is 50.2 Å². The molecule has 1 atom stereocenters. The van der Waals surface area contributed by atoms with E-state index < -0.39 is 17.3 Å². The number of piperidine rings is 1. The SMILES string of the molecule is C[C@@](O)(CN1CCC/C(=C/Oc2ccc(C(F)(F)F)cc2)C1)C1(c2ccc(Cl)cc2)CCC1. The number of ether oxygens (including phenoxy) is 1. The molecule has 1 saturated heterocycles. The van der Waals surface area contributed by atoms with Gasteiger partial charge < -0.3 is 9.84 Å². The Balaban J connectivity index is 1.41. The molecule has 33 heavy (non-hydrogen) atoms. The summed E-state index contributed by atoms with van der Waals surface area (Å²) in [7, 11) is 0. The van der Waals surface area contributed by atoms with Crippen LogP contribution in [0.2, 0.25) is 5.02 Å². The fourth-order valence-electron chi connectivity index (χ4n) is 5.10. The molecule has 2 aromatic rings. The summed E-state index contributed by atoms with van der Waals surface area (Å²) < 4.78 is 43.8. The summed E-state index contributed by atoms with van der Waals surface area (Å²) in [5.74, 6) is 0.371. The van der Waals surface area contributed by atoms with Crippen LogP contribution in [0.3, 0.4) is 0 Å². The number of likely N-dealkylation sites (tertiary alicyclic amines) is 1. The molecule has 1 N–H and O–H groups in total. The second kappa shape index (κ2) is 9.32. The van der Waals surface area contributed by atoms with Crippen molar-refractivity contribution in [1.29, 1.82) is 0 Å². The summed E-state index contributed by atoms with van der Waals surface area (Å²) in [6, 6.07) is 12.5. The fraction of sp³-hybridized carbons (Fsp3) is 0.462. The van der Waals surface area contributed by atoms with Gasteiger partial charge in [0.05, 0.1) is 17.4 Å². The van der Waals surface area contributed by atoms with Gasteiger partial charge in [-0.1, -0.05) is 30.2 Å². The van der Waals surface area contributed by atoms with Crippen molar-refractivity contribution in [3.63, 3.8) is 0 Å². The molecule has 0 aromatic heterocycles. The number of nitrogens with zero attached hydrogens (tertiary/aromatic N) is 1. The molecule has 1 aliphatic heterocycles. The highest BCUT2D eigenvalue weighted by Gasteiger charge is 2.52. The molecule has 0 unspecified atom stereocenters. The van der Waals surface area contributed by atoms with Gasteiger partial charge in [0.15, 0.2) is 0 Å². The molecule has 1 heterocycles. The average Bonchev–Trinajstić information content (AvgIpc) is 2.72. The van der Waals surface area contributed by atoms with Crippen LogP contribution in [0.25, 0.3) is 0 Å². The van der Waals surface area contributed by atoms with E-state index in [1.165, 1.54) is 12.1 Å². The van der Waals surface area contributed by atoms with Crippen LogP contribution in [0.15, 0.2) is 60.4 Å². The summed E-state index contributed by atoms with van der Waals surface area (Å²) in [6.07, 6.45) is 2.05. The monoisotopic (exact) mass is 479 g/mol. The van der Waals surface area contributed by atoms with Gasteiger partial charge in [0, 0.05) is 23.5 Å². The standard InChI is InChI=1S/C26H29ClF3NO2/c1-24(32,25(13-3-14-25)20-5-9-22(27)10-6-20)18-31-15-2-4-19(16-31)17-33-23-11-7-21(8-12-23)26(28,29)30/h5-12,17,32H,2-4,13-16,18H2,1H3/b19-17-/t24-/m1/s1. The second-order valence-electron chi connectivity index (χ2n) is 9.45. The van der Waals surface area contributed by atoms with Crippen molar-refractivity contribution in [2.24, 2.45) is 0 Å². The van der Waals surface area contributed by atoms with E-state index in [1.807, 2.05) is 31.2 Å². The summed E-state index contributed by atoms with van der Waals surface area (Å²) >= 11 is 6.07. The Morgan fingerprint density at radius 1 is 1.06 bits per heavy atom. The minimum atomic E-state index is -4.36. The third-order valence-electron chi connectivity index (χ3n) is 7.11. The van der Waals surface area contributed by atoms with Gasteiger partial charge in [0.2, 0.25) is 0 Å². The highest BCUT2D eigenvalue weighted by atomic mass is 35.5. The van der Waals surface area contributed by atoms with Crippen LogP contribution >= 0.6 is 11.6 Å². The van der Waals surface area contributed by atoms with Crippen LogP contribution in [-0.2, 0) is 11.6 Å². The van der Waals surface area contributed by atoms with Gasteiger partial charge in [0.25, 0.3) is 0 Å². The first-order chi connectivity index (χ1) is 15.6. The summed E-state index contributed by atoms with van der Waals surface area (Å²) in [5, 5.41) is 12.3. The van der Waals surface area contributed by atoms with E-state index in [2.05, 4.69) is 4.90 Å². The normalized spacial score (nSPS) is 21.9. The second-order valence-corrected chi connectivity index (χ2v) is 9.88. The number of hydrogen-bond acceptors (Lipinski definition) is 3. The molecule has 7 heteroatoms. The number of rotatable bonds is 6. The average molecular weight is 480 g/mol. The molecule has 0 amide bonds. The number of hydrogen-bond donors (Lipinski definition) is 1. The molecule has 0 radical (unpaired) electrons. The zero-order valence-electron chi connectivity index (χ0n) is 18.7. The Bertz CT molecular complexity index is 980. The number of alkyl halides is 3. The van der Waals surface area contributed by atoms with Crippen LogP contribution in [0, 0.1) is 0 Å². The third kappa shape index (κ3) is 5.23. The molecular formula is C26H29ClF3NO2. The molecule has 2 aliphatic rings. The Morgan fingerprint density at radius 3 is 2.30 bits per heavy atom. The van der Waals surface area contributed by atoms with E-state index in [0.29, 0.717) is 23.9 Å². The maximum atomic E-state index is 12.7. The van der Waals surface area contributed by atoms with Crippen LogP contribution in [0.4, 0.5) is 13.2 Å². The molecule has 1 aliphatic carbocycles. The minimum absolute atomic E-state index is 0.282. The fourth-order valence-corrected chi connectivity index (χ4v) is 5.23. The number of aliphatic hydroxyl groups is 1. The molecular weight excluding hydrogens is 451 g/mol. The number of β-amino-alcohol motifs (C(OH)–C–C–N with tert-alkyl or cyclic N) is 1. The van der Waals surface area contributed by atoms with Crippen LogP contribution in [-0.4, -0.2) is 35.2 Å². The van der Waals surface area contributed by atoms with E-state index in [0.717, 1.165) is 61.9 Å². The van der Waals surface area contributed by atoms with E-state index in [1.54, 1.807) is 6.26 Å². The predicted octanol–water partition coefficient (Wildman–Crippen LogP) is 6.59. The van der Waals surface area contributed by atoms with Crippen molar-refractivity contribution < 1.29 is 23.0 Å². The summed E-state index contributed by atoms with van der Waals surface area (Å²) in [6.45, 7) is 4.00. The Morgan fingerprint density at radius 2 is 1.73 bits per heavy atom. The Labute approximate surface area is 197 Å². The van der Waals surface area contributed by atoms with Gasteiger partial charge in [-0.25, -0.2) is 0 Å². The van der Waals surface area contributed by atoms with Gasteiger partial charge in [-0.2, -0.15) is 13.2 Å². The largest absolute Gasteiger partial charge is 0.465 e. The van der Waals surface area contributed by atoms with E-state index in [9.17, 15) is 18.3 Å². The number of benzene rings is 2. The smallest absolute Gasteiger partial charge is 0.416 e. The van der Waals surface area contributed by atoms with Crippen molar-refractivity contribution >= 4 is 11.6 Å². The molecule has 178 valence electrons. The molecule has 0 bridgehead atoms. The van der Waals surface area contributed by atoms with Crippen molar-refractivity contribution in [3.8, 4) is 5.75 Å². The maximum Gasteiger partial charge on any atom is 0.416 e. The first-order valence-corrected chi connectivity index (χ1v) is 11.7. The lowest BCUT2D eigenvalue weighted by atomic mass is 9.55. The Kier molecular flexibility index (Phi) is 6.81. The maximum absolute atomic E-state index is 12.7. The van der Waals surface area contributed by atoms with E-state index in [4.69, 9.17) is 16.3 Å². The van der Waals surface area contributed by atoms with Gasteiger partial charge in [0.1, 0.15) is 5.75 Å². The van der Waals surface area contributed by atoms with Crippen LogP contribution < -0.4 is 4.74 Å². The summed E-state index contributed by atoms with van der Waals surface area (Å²) in [4.78, 5) is 2.24. The molecule has 4 rings (SSSR count). The van der Waals surface area contributed by atoms with Gasteiger partial charge in [-0.05, 0) is 86.7 Å². The lowest BCUT2D eigenvalue weighted by molar-refractivity contribution is -0.137. The van der Waals surface area contributed by atoms with Crippen molar-refractivity contribution in [3.05, 3.63) is 76.5 Å². The van der Waals surface area contributed by atoms with Crippen molar-refractivity contribution in [2.75, 3.05) is 19.6 Å². The molecule has 1 saturated carbocycles. The zero-order chi connectivity index (χ0) is 23.7. The lowest BCUT2D eigenvalue weighted by Crippen LogP contribution is -2.59. The van der Waals surface area contributed by atoms with E-state index >= 15 is 0 Å². The molecule has 2 aromatic carbocycles. The molecule has 0 spiro atoms. The van der Waals surface area contributed by atoms with Crippen LogP contribution in [0.5, 0.6) is 5.75 Å². The van der Waals surface area contributed by atoms with Crippen molar-refractivity contribution in [1.82, 2.24) is 4.90 Å². The molecule has 2 fully saturated rings. The third-order valence-corrected chi connectivity index (χ3v) is 7.36. The highest BCUT2D eigenvalue weighted by molar-refractivity contribution is 6.30. The van der Waals surface area contributed by atoms with Gasteiger partial charge in [-0.15, -0.1) is 0 Å². The van der Waals surface area contributed by atoms with Gasteiger partial charge in [-0.3, -0.25) is 4.90 Å². The zero-order valence-corrected chi connectivity index (χ0v) is 19.4.